The zero-order chi connectivity index (χ0) is 19.6. The van der Waals surface area contributed by atoms with Gasteiger partial charge in [0.05, 0.1) is 33.4 Å². The van der Waals surface area contributed by atoms with Crippen LogP contribution in [0.4, 0.5) is 15.9 Å². The van der Waals surface area contributed by atoms with Crippen molar-refractivity contribution in [1.82, 2.24) is 9.97 Å². The fraction of sp³-hybridized carbons (Fsp3) is 0.222. The highest BCUT2D eigenvalue weighted by atomic mass is 35.5. The van der Waals surface area contributed by atoms with E-state index in [4.69, 9.17) is 44.1 Å². The predicted molar refractivity (Wildman–Crippen MR) is 106 cm³/mol. The maximum absolute atomic E-state index is 14.3. The molecule has 3 rings (SSSR count). The number of anilines is 2. The Bertz CT molecular complexity index is 1000. The second-order valence-corrected chi connectivity index (χ2v) is 6.45. The lowest BCUT2D eigenvalue weighted by atomic mass is 10.1. The fourth-order valence-corrected chi connectivity index (χ4v) is 2.81. The van der Waals surface area contributed by atoms with Crippen LogP contribution in [0.5, 0.6) is 5.75 Å². The number of fused-ring (bicyclic) bond motifs is 1. The maximum atomic E-state index is 14.3. The molecule has 0 amide bonds. The molecular formula is C18H17Cl2FN4O2. The van der Waals surface area contributed by atoms with E-state index in [1.54, 1.807) is 12.1 Å². The smallest absolute Gasteiger partial charge is 0.165 e. The van der Waals surface area contributed by atoms with Crippen molar-refractivity contribution in [1.29, 1.82) is 0 Å². The highest BCUT2D eigenvalue weighted by Crippen LogP contribution is 2.34. The Balaban J connectivity index is 2.04. The lowest BCUT2D eigenvalue weighted by molar-refractivity contribution is 0.110. The van der Waals surface area contributed by atoms with Crippen LogP contribution >= 0.6 is 23.2 Å². The Labute approximate surface area is 165 Å². The first-order valence-electron chi connectivity index (χ1n) is 8.13. The average molecular weight is 411 g/mol. The van der Waals surface area contributed by atoms with E-state index in [9.17, 15) is 4.39 Å². The van der Waals surface area contributed by atoms with E-state index >= 15 is 0 Å². The molecule has 0 unspecified atom stereocenters. The molecule has 0 aliphatic rings. The standard InChI is InChI=1S/C18H17Cl2FN4O2/c1-2-26-3-4-27-16-8-15-10(6-14(16)22)17(23)25-18(24-15)9-5-11(19)12(20)7-13(9)21/h5-8H,2-4,22H2,1H3,(H2,23,24,25). The molecule has 142 valence electrons. The van der Waals surface area contributed by atoms with Gasteiger partial charge in [-0.1, -0.05) is 23.2 Å². The highest BCUT2D eigenvalue weighted by Gasteiger charge is 2.16. The van der Waals surface area contributed by atoms with Gasteiger partial charge in [-0.25, -0.2) is 14.4 Å². The van der Waals surface area contributed by atoms with Crippen LogP contribution in [0.3, 0.4) is 0 Å². The molecule has 0 aliphatic carbocycles. The van der Waals surface area contributed by atoms with Gasteiger partial charge in [0.25, 0.3) is 0 Å². The van der Waals surface area contributed by atoms with Crippen LogP contribution in [0, 0.1) is 5.82 Å². The monoisotopic (exact) mass is 410 g/mol. The molecule has 0 saturated heterocycles. The van der Waals surface area contributed by atoms with E-state index in [0.717, 1.165) is 6.07 Å². The summed E-state index contributed by atoms with van der Waals surface area (Å²) in [6.45, 7) is 3.25. The van der Waals surface area contributed by atoms with Crippen LogP contribution < -0.4 is 16.2 Å². The second kappa shape index (κ2) is 8.12. The van der Waals surface area contributed by atoms with Crippen molar-refractivity contribution in [3.05, 3.63) is 40.1 Å². The van der Waals surface area contributed by atoms with Crippen LogP contribution in [-0.2, 0) is 4.74 Å². The van der Waals surface area contributed by atoms with Gasteiger partial charge in [-0.15, -0.1) is 0 Å². The number of benzene rings is 2. The molecule has 0 bridgehead atoms. The minimum Gasteiger partial charge on any atom is -0.489 e. The Morgan fingerprint density at radius 2 is 1.78 bits per heavy atom. The van der Waals surface area contributed by atoms with Crippen LogP contribution in [0.2, 0.25) is 10.0 Å². The third-order valence-electron chi connectivity index (χ3n) is 3.80. The van der Waals surface area contributed by atoms with Crippen LogP contribution in [0.1, 0.15) is 6.92 Å². The first kappa shape index (κ1) is 19.4. The van der Waals surface area contributed by atoms with Crippen LogP contribution in [-0.4, -0.2) is 29.8 Å². The molecule has 0 atom stereocenters. The molecule has 0 aliphatic heterocycles. The minimum absolute atomic E-state index is 0.0844. The maximum Gasteiger partial charge on any atom is 0.165 e. The van der Waals surface area contributed by atoms with E-state index in [1.807, 2.05) is 6.92 Å². The summed E-state index contributed by atoms with van der Waals surface area (Å²) >= 11 is 11.8. The van der Waals surface area contributed by atoms with E-state index in [-0.39, 0.29) is 27.3 Å². The Hall–Kier alpha value is -2.35. The number of halogens is 3. The van der Waals surface area contributed by atoms with E-state index in [1.165, 1.54) is 6.07 Å². The molecule has 9 heteroatoms. The van der Waals surface area contributed by atoms with E-state index in [2.05, 4.69) is 9.97 Å². The third-order valence-corrected chi connectivity index (χ3v) is 4.52. The Morgan fingerprint density at radius 1 is 1.04 bits per heavy atom. The predicted octanol–water partition coefficient (Wildman–Crippen LogP) is 4.32. The summed E-state index contributed by atoms with van der Waals surface area (Å²) < 4.78 is 25.2. The van der Waals surface area contributed by atoms with Gasteiger partial charge in [0.1, 0.15) is 24.0 Å². The molecule has 0 spiro atoms. The Morgan fingerprint density at radius 3 is 2.52 bits per heavy atom. The van der Waals surface area contributed by atoms with Gasteiger partial charge in [-0.2, -0.15) is 0 Å². The van der Waals surface area contributed by atoms with Gasteiger partial charge in [0, 0.05) is 18.1 Å². The number of nitrogens with two attached hydrogens (primary N) is 2. The zero-order valence-electron chi connectivity index (χ0n) is 14.4. The van der Waals surface area contributed by atoms with Crippen molar-refractivity contribution >= 4 is 45.6 Å². The summed E-state index contributed by atoms with van der Waals surface area (Å²) in [6, 6.07) is 5.72. The SMILES string of the molecule is CCOCCOc1cc2nc(-c3cc(Cl)c(Cl)cc3F)nc(N)c2cc1N. The van der Waals surface area contributed by atoms with Crippen molar-refractivity contribution in [2.24, 2.45) is 0 Å². The number of rotatable bonds is 6. The van der Waals surface area contributed by atoms with Crippen molar-refractivity contribution < 1.29 is 13.9 Å². The number of hydrogen-bond acceptors (Lipinski definition) is 6. The summed E-state index contributed by atoms with van der Waals surface area (Å²) in [5.74, 6) is 0.0711. The molecular weight excluding hydrogens is 394 g/mol. The molecule has 6 nitrogen and oxygen atoms in total. The highest BCUT2D eigenvalue weighted by molar-refractivity contribution is 6.42. The van der Waals surface area contributed by atoms with E-state index < -0.39 is 5.82 Å². The first-order chi connectivity index (χ1) is 12.9. The number of ether oxygens (including phenoxy) is 2. The van der Waals surface area contributed by atoms with E-state index in [0.29, 0.717) is 42.2 Å². The fourth-order valence-electron chi connectivity index (χ4n) is 2.49. The van der Waals surface area contributed by atoms with Gasteiger partial charge in [0.2, 0.25) is 0 Å². The van der Waals surface area contributed by atoms with Crippen LogP contribution in [0.15, 0.2) is 24.3 Å². The molecule has 0 fully saturated rings. The number of nitrogens with zero attached hydrogens (tertiary/aromatic N) is 2. The van der Waals surface area contributed by atoms with Gasteiger partial charge < -0.3 is 20.9 Å². The van der Waals surface area contributed by atoms with Crippen LogP contribution in [0.25, 0.3) is 22.3 Å². The minimum atomic E-state index is -0.605. The summed E-state index contributed by atoms with van der Waals surface area (Å²) in [4.78, 5) is 8.55. The lowest BCUT2D eigenvalue weighted by Crippen LogP contribution is -2.08. The molecule has 1 heterocycles. The lowest BCUT2D eigenvalue weighted by Gasteiger charge is -2.12. The quantitative estimate of drug-likeness (QED) is 0.356. The zero-order valence-corrected chi connectivity index (χ0v) is 15.9. The number of nitrogen functional groups attached to an aromatic ring is 2. The second-order valence-electron chi connectivity index (χ2n) is 5.63. The topological polar surface area (TPSA) is 96.3 Å². The first-order valence-corrected chi connectivity index (χ1v) is 8.88. The van der Waals surface area contributed by atoms with Crippen molar-refractivity contribution in [3.8, 4) is 17.1 Å². The summed E-state index contributed by atoms with van der Waals surface area (Å²) in [5, 5.41) is 0.825. The Kier molecular flexibility index (Phi) is 5.84. The molecule has 0 saturated carbocycles. The molecule has 4 N–H and O–H groups in total. The van der Waals surface area contributed by atoms with Crippen molar-refractivity contribution in [2.45, 2.75) is 6.92 Å². The molecule has 0 radical (unpaired) electrons. The van der Waals surface area contributed by atoms with Gasteiger partial charge in [-0.3, -0.25) is 0 Å². The number of hydrogen-bond donors (Lipinski definition) is 2. The van der Waals surface area contributed by atoms with Crippen molar-refractivity contribution in [3.63, 3.8) is 0 Å². The molecule has 3 aromatic rings. The molecule has 27 heavy (non-hydrogen) atoms. The summed E-state index contributed by atoms with van der Waals surface area (Å²) in [7, 11) is 0. The molecule has 2 aromatic carbocycles. The van der Waals surface area contributed by atoms with Crippen molar-refractivity contribution in [2.75, 3.05) is 31.3 Å². The van der Waals surface area contributed by atoms with Gasteiger partial charge in [-0.05, 0) is 25.1 Å². The normalized spacial score (nSPS) is 11.1. The summed E-state index contributed by atoms with van der Waals surface area (Å²) in [6.07, 6.45) is 0. The largest absolute Gasteiger partial charge is 0.489 e. The number of aromatic nitrogens is 2. The van der Waals surface area contributed by atoms with Gasteiger partial charge in [0.15, 0.2) is 5.82 Å². The summed E-state index contributed by atoms with van der Waals surface area (Å²) in [5.41, 5.74) is 13.0. The average Bonchev–Trinajstić information content (AvgIpc) is 2.62. The van der Waals surface area contributed by atoms with Gasteiger partial charge >= 0.3 is 0 Å². The molecule has 1 aromatic heterocycles. The third kappa shape index (κ3) is 4.16.